The zero-order valence-electron chi connectivity index (χ0n) is 11.2. The summed E-state index contributed by atoms with van der Waals surface area (Å²) in [5.74, 6) is 3.32. The van der Waals surface area contributed by atoms with Crippen molar-refractivity contribution in [1.29, 1.82) is 0 Å². The number of terminal acetylenes is 1. The molecule has 0 fully saturated rings. The Balaban J connectivity index is 2.18. The van der Waals surface area contributed by atoms with Crippen molar-refractivity contribution in [3.05, 3.63) is 41.4 Å². The molecule has 0 aliphatic carbocycles. The van der Waals surface area contributed by atoms with E-state index in [9.17, 15) is 0 Å². The van der Waals surface area contributed by atoms with Crippen LogP contribution in [0.1, 0.15) is 13.8 Å². The molecule has 100 valence electrons. The summed E-state index contributed by atoms with van der Waals surface area (Å²) in [5.41, 5.74) is 0.821. The summed E-state index contributed by atoms with van der Waals surface area (Å²) >= 11 is 6.15. The summed E-state index contributed by atoms with van der Waals surface area (Å²) < 4.78 is 11.6. The third-order valence-electron chi connectivity index (χ3n) is 3.14. The number of benzene rings is 2. The standard InChI is InChI=1S/C17H13ClO2/c1-4-17(2,3)20-11-8-9-15-13(10-11)12-6-5-7-14(18)16(12)19-15/h1,5-10H,2-3H3. The predicted octanol–water partition coefficient (Wildman–Crippen LogP) is 5.03. The maximum atomic E-state index is 6.15. The maximum absolute atomic E-state index is 6.15. The first-order valence-electron chi connectivity index (χ1n) is 6.28. The molecule has 3 aromatic rings. The Morgan fingerprint density at radius 2 is 2.00 bits per heavy atom. The summed E-state index contributed by atoms with van der Waals surface area (Å²) in [6, 6.07) is 11.3. The first-order valence-corrected chi connectivity index (χ1v) is 6.65. The van der Waals surface area contributed by atoms with Gasteiger partial charge in [0, 0.05) is 10.8 Å². The molecule has 2 aromatic carbocycles. The quantitative estimate of drug-likeness (QED) is 0.616. The molecule has 0 amide bonds. The topological polar surface area (TPSA) is 22.4 Å². The van der Waals surface area contributed by atoms with Crippen LogP contribution in [0.5, 0.6) is 5.75 Å². The van der Waals surface area contributed by atoms with Gasteiger partial charge in [0.25, 0.3) is 0 Å². The molecule has 0 aliphatic rings. The van der Waals surface area contributed by atoms with Gasteiger partial charge in [0.1, 0.15) is 11.3 Å². The molecule has 0 N–H and O–H groups in total. The van der Waals surface area contributed by atoms with Crippen LogP contribution in [0.2, 0.25) is 5.02 Å². The van der Waals surface area contributed by atoms with E-state index in [1.165, 1.54) is 0 Å². The first-order chi connectivity index (χ1) is 9.50. The van der Waals surface area contributed by atoms with Crippen LogP contribution in [0.4, 0.5) is 0 Å². The van der Waals surface area contributed by atoms with Crippen LogP contribution in [-0.2, 0) is 0 Å². The van der Waals surface area contributed by atoms with Gasteiger partial charge in [0.05, 0.1) is 5.02 Å². The number of para-hydroxylation sites is 1. The van der Waals surface area contributed by atoms with Crippen LogP contribution in [0, 0.1) is 12.3 Å². The molecule has 0 spiro atoms. The average molecular weight is 285 g/mol. The van der Waals surface area contributed by atoms with Gasteiger partial charge in [-0.05, 0) is 38.1 Å². The zero-order chi connectivity index (χ0) is 14.3. The molecule has 0 saturated carbocycles. The second-order valence-electron chi connectivity index (χ2n) is 5.13. The lowest BCUT2D eigenvalue weighted by atomic mass is 10.1. The summed E-state index contributed by atoms with van der Waals surface area (Å²) in [6.07, 6.45) is 5.45. The number of ether oxygens (including phenoxy) is 1. The molecular weight excluding hydrogens is 272 g/mol. The van der Waals surface area contributed by atoms with Gasteiger partial charge in [-0.2, -0.15) is 0 Å². The Morgan fingerprint density at radius 1 is 1.20 bits per heavy atom. The zero-order valence-corrected chi connectivity index (χ0v) is 12.0. The minimum Gasteiger partial charge on any atom is -0.475 e. The van der Waals surface area contributed by atoms with E-state index in [2.05, 4.69) is 5.92 Å². The first kappa shape index (κ1) is 12.9. The van der Waals surface area contributed by atoms with Crippen molar-refractivity contribution in [3.8, 4) is 18.1 Å². The number of fused-ring (bicyclic) bond motifs is 3. The van der Waals surface area contributed by atoms with Crippen LogP contribution in [0.25, 0.3) is 21.9 Å². The molecule has 1 aromatic heterocycles. The fourth-order valence-electron chi connectivity index (χ4n) is 2.13. The van der Waals surface area contributed by atoms with E-state index in [-0.39, 0.29) is 0 Å². The minimum absolute atomic E-state index is 0.602. The van der Waals surface area contributed by atoms with Gasteiger partial charge in [-0.15, -0.1) is 6.42 Å². The van der Waals surface area contributed by atoms with Crippen LogP contribution in [-0.4, -0.2) is 5.60 Å². The fraction of sp³-hybridized carbons (Fsp3) is 0.176. The number of rotatable bonds is 2. The van der Waals surface area contributed by atoms with Gasteiger partial charge in [-0.25, -0.2) is 0 Å². The molecule has 1 heterocycles. The lowest BCUT2D eigenvalue weighted by Crippen LogP contribution is -2.25. The van der Waals surface area contributed by atoms with Crippen LogP contribution < -0.4 is 4.74 Å². The van der Waals surface area contributed by atoms with E-state index < -0.39 is 5.60 Å². The van der Waals surface area contributed by atoms with Crippen LogP contribution in [0.15, 0.2) is 40.8 Å². The normalized spacial score (nSPS) is 11.7. The molecule has 0 radical (unpaired) electrons. The van der Waals surface area contributed by atoms with E-state index in [1.54, 1.807) is 0 Å². The SMILES string of the molecule is C#CC(C)(C)Oc1ccc2oc3c(Cl)cccc3c2c1. The van der Waals surface area contributed by atoms with Crippen molar-refractivity contribution in [1.82, 2.24) is 0 Å². The molecule has 3 rings (SSSR count). The maximum Gasteiger partial charge on any atom is 0.163 e. The van der Waals surface area contributed by atoms with E-state index in [4.69, 9.17) is 27.2 Å². The number of halogens is 1. The van der Waals surface area contributed by atoms with Gasteiger partial charge < -0.3 is 9.15 Å². The second kappa shape index (κ2) is 4.47. The summed E-state index contributed by atoms with van der Waals surface area (Å²) in [5, 5.41) is 2.54. The lowest BCUT2D eigenvalue weighted by molar-refractivity contribution is 0.173. The Morgan fingerprint density at radius 3 is 2.75 bits per heavy atom. The number of furan rings is 1. The molecular formula is C17H13ClO2. The monoisotopic (exact) mass is 284 g/mol. The van der Waals surface area contributed by atoms with Crippen molar-refractivity contribution >= 4 is 33.5 Å². The number of hydrogen-bond acceptors (Lipinski definition) is 2. The highest BCUT2D eigenvalue weighted by molar-refractivity contribution is 6.35. The summed E-state index contributed by atoms with van der Waals surface area (Å²) in [4.78, 5) is 0. The predicted molar refractivity (Wildman–Crippen MR) is 82.3 cm³/mol. The molecule has 0 saturated heterocycles. The fourth-order valence-corrected chi connectivity index (χ4v) is 2.34. The Hall–Kier alpha value is -2.11. The molecule has 3 heteroatoms. The van der Waals surface area contributed by atoms with E-state index in [0.717, 1.165) is 16.4 Å². The van der Waals surface area contributed by atoms with Crippen LogP contribution in [0.3, 0.4) is 0 Å². The number of hydrogen-bond donors (Lipinski definition) is 0. The third-order valence-corrected chi connectivity index (χ3v) is 3.44. The highest BCUT2D eigenvalue weighted by Gasteiger charge is 2.17. The van der Waals surface area contributed by atoms with Crippen molar-refractivity contribution in [3.63, 3.8) is 0 Å². The van der Waals surface area contributed by atoms with Gasteiger partial charge in [-0.1, -0.05) is 29.7 Å². The summed E-state index contributed by atoms with van der Waals surface area (Å²) in [7, 11) is 0. The van der Waals surface area contributed by atoms with E-state index in [0.29, 0.717) is 16.4 Å². The molecule has 0 atom stereocenters. The highest BCUT2D eigenvalue weighted by Crippen LogP contribution is 2.35. The van der Waals surface area contributed by atoms with Crippen LogP contribution >= 0.6 is 11.6 Å². The molecule has 0 unspecified atom stereocenters. The Labute approximate surface area is 122 Å². The lowest BCUT2D eigenvalue weighted by Gasteiger charge is -2.20. The van der Waals surface area contributed by atoms with Crippen molar-refractivity contribution in [2.75, 3.05) is 0 Å². The Bertz CT molecular complexity index is 837. The molecule has 0 bridgehead atoms. The summed E-state index contributed by atoms with van der Waals surface area (Å²) in [6.45, 7) is 3.70. The molecule has 2 nitrogen and oxygen atoms in total. The highest BCUT2D eigenvalue weighted by atomic mass is 35.5. The van der Waals surface area contributed by atoms with E-state index >= 15 is 0 Å². The smallest absolute Gasteiger partial charge is 0.163 e. The van der Waals surface area contributed by atoms with Crippen molar-refractivity contribution < 1.29 is 9.15 Å². The largest absolute Gasteiger partial charge is 0.475 e. The van der Waals surface area contributed by atoms with Gasteiger partial charge >= 0.3 is 0 Å². The van der Waals surface area contributed by atoms with Crippen molar-refractivity contribution in [2.45, 2.75) is 19.4 Å². The van der Waals surface area contributed by atoms with Gasteiger partial charge in [-0.3, -0.25) is 0 Å². The minimum atomic E-state index is -0.648. The third kappa shape index (κ3) is 2.11. The molecule has 20 heavy (non-hydrogen) atoms. The molecule has 0 aliphatic heterocycles. The second-order valence-corrected chi connectivity index (χ2v) is 5.54. The van der Waals surface area contributed by atoms with Gasteiger partial charge in [0.2, 0.25) is 0 Å². The van der Waals surface area contributed by atoms with E-state index in [1.807, 2.05) is 50.2 Å². The van der Waals surface area contributed by atoms with Crippen molar-refractivity contribution in [2.24, 2.45) is 0 Å². The average Bonchev–Trinajstić information content (AvgIpc) is 2.78. The Kier molecular flexibility index (Phi) is 2.88. The van der Waals surface area contributed by atoms with Gasteiger partial charge in [0.15, 0.2) is 11.2 Å².